The molecule has 0 unspecified atom stereocenters. The Kier molecular flexibility index (Phi) is 3.02. The molecule has 0 atom stereocenters. The Morgan fingerprint density at radius 2 is 2.13 bits per heavy atom. The molecule has 0 bridgehead atoms. The van der Waals surface area contributed by atoms with E-state index in [1.807, 2.05) is 30.5 Å². The van der Waals surface area contributed by atoms with Crippen molar-refractivity contribution in [1.82, 2.24) is 9.78 Å². The molecule has 1 heterocycles. The average molecular weight is 284 g/mol. The Labute approximate surface area is 101 Å². The number of benzene rings is 1. The van der Waals surface area contributed by atoms with E-state index in [1.54, 1.807) is 22.6 Å². The maximum atomic E-state index is 5.97. The SMILES string of the molecule is CSc1cnn(-c2ccccc2Br)c1N. The lowest BCUT2D eigenvalue weighted by molar-refractivity contribution is 0.886. The van der Waals surface area contributed by atoms with E-state index in [1.165, 1.54) is 0 Å². The summed E-state index contributed by atoms with van der Waals surface area (Å²) >= 11 is 5.07. The molecule has 2 rings (SSSR count). The van der Waals surface area contributed by atoms with Crippen molar-refractivity contribution in [3.05, 3.63) is 34.9 Å². The van der Waals surface area contributed by atoms with Crippen molar-refractivity contribution in [1.29, 1.82) is 0 Å². The van der Waals surface area contributed by atoms with Gasteiger partial charge in [-0.2, -0.15) is 5.10 Å². The van der Waals surface area contributed by atoms with E-state index < -0.39 is 0 Å². The zero-order chi connectivity index (χ0) is 10.8. The third-order valence-electron chi connectivity index (χ3n) is 2.07. The second kappa shape index (κ2) is 4.28. The smallest absolute Gasteiger partial charge is 0.140 e. The average Bonchev–Trinajstić information content (AvgIpc) is 2.60. The van der Waals surface area contributed by atoms with Crippen LogP contribution in [0.1, 0.15) is 0 Å². The van der Waals surface area contributed by atoms with Crippen molar-refractivity contribution < 1.29 is 0 Å². The molecular formula is C10H10BrN3S. The van der Waals surface area contributed by atoms with Gasteiger partial charge in [0.2, 0.25) is 0 Å². The minimum absolute atomic E-state index is 0.675. The Morgan fingerprint density at radius 1 is 1.40 bits per heavy atom. The lowest BCUT2D eigenvalue weighted by atomic mass is 10.3. The van der Waals surface area contributed by atoms with Gasteiger partial charge in [-0.15, -0.1) is 11.8 Å². The highest BCUT2D eigenvalue weighted by Gasteiger charge is 2.09. The van der Waals surface area contributed by atoms with Crippen molar-refractivity contribution in [3.63, 3.8) is 0 Å². The van der Waals surface area contributed by atoms with Gasteiger partial charge < -0.3 is 5.73 Å². The molecule has 2 aromatic rings. The third kappa shape index (κ3) is 1.89. The van der Waals surface area contributed by atoms with Crippen molar-refractivity contribution >= 4 is 33.5 Å². The first-order valence-corrected chi connectivity index (χ1v) is 6.38. The van der Waals surface area contributed by atoms with Crippen LogP contribution in [0.3, 0.4) is 0 Å². The fraction of sp³-hybridized carbons (Fsp3) is 0.100. The Hall–Kier alpha value is -0.940. The number of halogens is 1. The first-order chi connectivity index (χ1) is 7.24. The van der Waals surface area contributed by atoms with Crippen LogP contribution >= 0.6 is 27.7 Å². The maximum Gasteiger partial charge on any atom is 0.140 e. The normalized spacial score (nSPS) is 10.5. The highest BCUT2D eigenvalue weighted by molar-refractivity contribution is 9.10. The standard InChI is InChI=1S/C10H10BrN3S/c1-15-9-6-13-14(10(9)12)8-5-3-2-4-7(8)11/h2-6H,12H2,1H3. The summed E-state index contributed by atoms with van der Waals surface area (Å²) in [6, 6.07) is 7.86. The fourth-order valence-corrected chi connectivity index (χ4v) is 2.22. The molecule has 0 amide bonds. The zero-order valence-corrected chi connectivity index (χ0v) is 10.5. The van der Waals surface area contributed by atoms with Gasteiger partial charge in [0.15, 0.2) is 0 Å². The summed E-state index contributed by atoms with van der Waals surface area (Å²) in [7, 11) is 0. The second-order valence-corrected chi connectivity index (χ2v) is 4.66. The third-order valence-corrected chi connectivity index (χ3v) is 3.50. The second-order valence-electron chi connectivity index (χ2n) is 2.96. The summed E-state index contributed by atoms with van der Waals surface area (Å²) in [5, 5.41) is 4.26. The molecule has 0 aliphatic heterocycles. The Balaban J connectivity index is 2.55. The molecule has 15 heavy (non-hydrogen) atoms. The minimum atomic E-state index is 0.675. The van der Waals surface area contributed by atoms with Crippen LogP contribution in [0.15, 0.2) is 39.8 Å². The van der Waals surface area contributed by atoms with Crippen LogP contribution in [0.2, 0.25) is 0 Å². The summed E-state index contributed by atoms with van der Waals surface area (Å²) in [4.78, 5) is 0.991. The van der Waals surface area contributed by atoms with Crippen LogP contribution in [0.5, 0.6) is 0 Å². The number of thioether (sulfide) groups is 1. The van der Waals surface area contributed by atoms with Gasteiger partial charge in [-0.05, 0) is 34.3 Å². The summed E-state index contributed by atoms with van der Waals surface area (Å²) in [6.45, 7) is 0. The van der Waals surface area contributed by atoms with E-state index in [0.717, 1.165) is 15.1 Å². The monoisotopic (exact) mass is 283 g/mol. The molecule has 2 N–H and O–H groups in total. The molecule has 1 aromatic carbocycles. The quantitative estimate of drug-likeness (QED) is 0.862. The van der Waals surface area contributed by atoms with Crippen LogP contribution in [0.25, 0.3) is 5.69 Å². The number of nitrogen functional groups attached to an aromatic ring is 1. The van der Waals surface area contributed by atoms with Gasteiger partial charge in [0.25, 0.3) is 0 Å². The molecule has 0 aliphatic carbocycles. The van der Waals surface area contributed by atoms with Crippen molar-refractivity contribution in [2.24, 2.45) is 0 Å². The van der Waals surface area contributed by atoms with Crippen molar-refractivity contribution in [2.45, 2.75) is 4.90 Å². The van der Waals surface area contributed by atoms with E-state index in [9.17, 15) is 0 Å². The number of rotatable bonds is 2. The maximum absolute atomic E-state index is 5.97. The molecule has 78 valence electrons. The first kappa shape index (κ1) is 10.6. The predicted octanol–water partition coefficient (Wildman–Crippen LogP) is 2.94. The summed E-state index contributed by atoms with van der Waals surface area (Å²) in [6.07, 6.45) is 3.76. The van der Waals surface area contributed by atoms with Gasteiger partial charge in [0.1, 0.15) is 5.82 Å². The van der Waals surface area contributed by atoms with Gasteiger partial charge in [-0.3, -0.25) is 0 Å². The Bertz CT molecular complexity index is 481. The predicted molar refractivity (Wildman–Crippen MR) is 67.5 cm³/mol. The number of aromatic nitrogens is 2. The van der Waals surface area contributed by atoms with Gasteiger partial charge in [0, 0.05) is 4.47 Å². The number of para-hydroxylation sites is 1. The number of nitrogens with zero attached hydrogens (tertiary/aromatic N) is 2. The summed E-state index contributed by atoms with van der Waals surface area (Å²) in [5.41, 5.74) is 6.93. The number of nitrogens with two attached hydrogens (primary N) is 1. The molecule has 0 spiro atoms. The number of hydrogen-bond donors (Lipinski definition) is 1. The lowest BCUT2D eigenvalue weighted by Gasteiger charge is -2.06. The fourth-order valence-electron chi connectivity index (χ4n) is 1.32. The zero-order valence-electron chi connectivity index (χ0n) is 8.14. The van der Waals surface area contributed by atoms with Crippen molar-refractivity contribution in [3.8, 4) is 5.69 Å². The first-order valence-electron chi connectivity index (χ1n) is 4.36. The van der Waals surface area contributed by atoms with Crippen LogP contribution < -0.4 is 5.73 Å². The topological polar surface area (TPSA) is 43.8 Å². The molecular weight excluding hydrogens is 274 g/mol. The molecule has 0 radical (unpaired) electrons. The van der Waals surface area contributed by atoms with Crippen LogP contribution in [0.4, 0.5) is 5.82 Å². The van der Waals surface area contributed by atoms with Gasteiger partial charge >= 0.3 is 0 Å². The molecule has 0 aliphatic rings. The molecule has 0 fully saturated rings. The highest BCUT2D eigenvalue weighted by Crippen LogP contribution is 2.27. The molecule has 3 nitrogen and oxygen atoms in total. The summed E-state index contributed by atoms with van der Waals surface area (Å²) < 4.78 is 2.71. The largest absolute Gasteiger partial charge is 0.383 e. The highest BCUT2D eigenvalue weighted by atomic mass is 79.9. The Morgan fingerprint density at radius 3 is 2.73 bits per heavy atom. The van der Waals surface area contributed by atoms with Crippen LogP contribution in [0, 0.1) is 0 Å². The van der Waals surface area contributed by atoms with Crippen LogP contribution in [-0.2, 0) is 0 Å². The molecule has 1 aromatic heterocycles. The molecule has 5 heteroatoms. The van der Waals surface area contributed by atoms with E-state index in [0.29, 0.717) is 5.82 Å². The van der Waals surface area contributed by atoms with Gasteiger partial charge in [-0.1, -0.05) is 12.1 Å². The van der Waals surface area contributed by atoms with E-state index in [4.69, 9.17) is 5.73 Å². The lowest BCUT2D eigenvalue weighted by Crippen LogP contribution is -2.02. The van der Waals surface area contributed by atoms with E-state index >= 15 is 0 Å². The van der Waals surface area contributed by atoms with Gasteiger partial charge in [0.05, 0.1) is 16.8 Å². The van der Waals surface area contributed by atoms with Crippen LogP contribution in [-0.4, -0.2) is 16.0 Å². The molecule has 0 saturated heterocycles. The minimum Gasteiger partial charge on any atom is -0.383 e. The number of hydrogen-bond acceptors (Lipinski definition) is 3. The van der Waals surface area contributed by atoms with Crippen molar-refractivity contribution in [2.75, 3.05) is 12.0 Å². The molecule has 0 saturated carbocycles. The van der Waals surface area contributed by atoms with E-state index in [-0.39, 0.29) is 0 Å². The number of anilines is 1. The summed E-state index contributed by atoms with van der Waals surface area (Å²) in [5.74, 6) is 0.675. The van der Waals surface area contributed by atoms with Gasteiger partial charge in [-0.25, -0.2) is 4.68 Å². The van der Waals surface area contributed by atoms with E-state index in [2.05, 4.69) is 21.0 Å².